The SMILES string of the molecule is CC(C)(O)C(N)CCCC(F)(F)C(F)(F)F. The van der Waals surface area contributed by atoms with Gasteiger partial charge in [-0.3, -0.25) is 0 Å². The van der Waals surface area contributed by atoms with Crippen LogP contribution < -0.4 is 5.73 Å². The Balaban J connectivity index is 4.10. The van der Waals surface area contributed by atoms with E-state index in [0.717, 1.165) is 0 Å². The van der Waals surface area contributed by atoms with Crippen molar-refractivity contribution < 1.29 is 27.1 Å². The maximum atomic E-state index is 12.4. The van der Waals surface area contributed by atoms with Gasteiger partial charge < -0.3 is 10.8 Å². The molecule has 3 N–H and O–H groups in total. The molecule has 1 atom stereocenters. The smallest absolute Gasteiger partial charge is 0.389 e. The third-order valence-electron chi connectivity index (χ3n) is 2.33. The fraction of sp³-hybridized carbons (Fsp3) is 1.00. The van der Waals surface area contributed by atoms with Gasteiger partial charge in [0.25, 0.3) is 0 Å². The van der Waals surface area contributed by atoms with Crippen molar-refractivity contribution in [3.63, 3.8) is 0 Å². The van der Waals surface area contributed by atoms with E-state index in [4.69, 9.17) is 5.73 Å². The summed E-state index contributed by atoms with van der Waals surface area (Å²) in [6.45, 7) is 2.75. The predicted molar refractivity (Wildman–Crippen MR) is 49.1 cm³/mol. The first-order chi connectivity index (χ1) is 6.88. The fourth-order valence-electron chi connectivity index (χ4n) is 1.04. The Morgan fingerprint density at radius 3 is 1.88 bits per heavy atom. The van der Waals surface area contributed by atoms with E-state index in [1.165, 1.54) is 13.8 Å². The molecule has 0 aliphatic rings. The van der Waals surface area contributed by atoms with E-state index in [1.54, 1.807) is 0 Å². The lowest BCUT2D eigenvalue weighted by atomic mass is 9.94. The molecule has 0 spiro atoms. The summed E-state index contributed by atoms with van der Waals surface area (Å²) in [5.41, 5.74) is 4.13. The van der Waals surface area contributed by atoms with Crippen LogP contribution in [0.2, 0.25) is 0 Å². The molecule has 0 saturated carbocycles. The summed E-state index contributed by atoms with van der Waals surface area (Å²) in [7, 11) is 0. The van der Waals surface area contributed by atoms with Crippen molar-refractivity contribution in [3.8, 4) is 0 Å². The second-order valence-electron chi connectivity index (χ2n) is 4.35. The van der Waals surface area contributed by atoms with Crippen molar-refractivity contribution in [1.29, 1.82) is 0 Å². The predicted octanol–water partition coefficient (Wildman–Crippen LogP) is 2.45. The largest absolute Gasteiger partial charge is 0.453 e. The van der Waals surface area contributed by atoms with Crippen molar-refractivity contribution in [2.24, 2.45) is 5.73 Å². The number of rotatable bonds is 5. The average Bonchev–Trinajstić information content (AvgIpc) is 1.99. The van der Waals surface area contributed by atoms with Gasteiger partial charge in [-0.15, -0.1) is 0 Å². The molecule has 0 aliphatic heterocycles. The monoisotopic (exact) mass is 249 g/mol. The maximum absolute atomic E-state index is 12.4. The second kappa shape index (κ2) is 4.83. The summed E-state index contributed by atoms with van der Waals surface area (Å²) in [5.74, 6) is -4.69. The van der Waals surface area contributed by atoms with Crippen LogP contribution in [0.5, 0.6) is 0 Å². The number of hydrogen-bond donors (Lipinski definition) is 2. The standard InChI is InChI=1S/C9H16F5NO/c1-7(2,16)6(15)4-3-5-8(10,11)9(12,13)14/h6,16H,3-5,15H2,1-2H3. The van der Waals surface area contributed by atoms with Crippen LogP contribution in [-0.2, 0) is 0 Å². The number of nitrogens with two attached hydrogens (primary N) is 1. The first-order valence-electron chi connectivity index (χ1n) is 4.80. The van der Waals surface area contributed by atoms with Crippen molar-refractivity contribution in [2.75, 3.05) is 0 Å². The lowest BCUT2D eigenvalue weighted by Gasteiger charge is -2.26. The van der Waals surface area contributed by atoms with Crippen LogP contribution in [0.25, 0.3) is 0 Å². The highest BCUT2D eigenvalue weighted by Gasteiger charge is 2.56. The Labute approximate surface area is 90.6 Å². The summed E-state index contributed by atoms with van der Waals surface area (Å²) in [6, 6.07) is -0.823. The molecule has 0 radical (unpaired) electrons. The highest BCUT2D eigenvalue weighted by molar-refractivity contribution is 4.82. The molecule has 16 heavy (non-hydrogen) atoms. The first kappa shape index (κ1) is 15.6. The van der Waals surface area contributed by atoms with E-state index < -0.39 is 36.6 Å². The van der Waals surface area contributed by atoms with E-state index in [2.05, 4.69) is 0 Å². The van der Waals surface area contributed by atoms with Gasteiger partial charge in [0.05, 0.1) is 5.60 Å². The normalized spacial score (nSPS) is 16.3. The molecule has 1 unspecified atom stereocenters. The van der Waals surface area contributed by atoms with Crippen molar-refractivity contribution in [3.05, 3.63) is 0 Å². The molecule has 0 amide bonds. The van der Waals surface area contributed by atoms with E-state index in [0.29, 0.717) is 0 Å². The molecular weight excluding hydrogens is 233 g/mol. The maximum Gasteiger partial charge on any atom is 0.453 e. The van der Waals surface area contributed by atoms with Gasteiger partial charge in [-0.25, -0.2) is 0 Å². The molecule has 0 aromatic rings. The van der Waals surface area contributed by atoms with E-state index in [1.807, 2.05) is 0 Å². The van der Waals surface area contributed by atoms with Gasteiger partial charge in [0.1, 0.15) is 0 Å². The van der Waals surface area contributed by atoms with Gasteiger partial charge in [-0.2, -0.15) is 22.0 Å². The minimum atomic E-state index is -5.52. The van der Waals surface area contributed by atoms with Crippen LogP contribution in [0.1, 0.15) is 33.1 Å². The lowest BCUT2D eigenvalue weighted by Crippen LogP contribution is -2.43. The Hall–Kier alpha value is -0.430. The number of halogens is 5. The fourth-order valence-corrected chi connectivity index (χ4v) is 1.04. The van der Waals surface area contributed by atoms with Gasteiger partial charge in [0.15, 0.2) is 0 Å². The van der Waals surface area contributed by atoms with Gasteiger partial charge in [0, 0.05) is 12.5 Å². The van der Waals surface area contributed by atoms with Crippen LogP contribution in [-0.4, -0.2) is 28.8 Å². The molecule has 0 aromatic carbocycles. The highest BCUT2D eigenvalue weighted by atomic mass is 19.4. The van der Waals surface area contributed by atoms with Crippen LogP contribution in [0.4, 0.5) is 22.0 Å². The second-order valence-corrected chi connectivity index (χ2v) is 4.35. The van der Waals surface area contributed by atoms with E-state index in [-0.39, 0.29) is 6.42 Å². The summed E-state index contributed by atoms with van der Waals surface area (Å²) < 4.78 is 60.2. The minimum Gasteiger partial charge on any atom is -0.389 e. The zero-order chi connectivity index (χ0) is 13.2. The topological polar surface area (TPSA) is 46.2 Å². The molecule has 0 aromatic heterocycles. The van der Waals surface area contributed by atoms with E-state index in [9.17, 15) is 27.1 Å². The molecule has 0 rings (SSSR count). The van der Waals surface area contributed by atoms with Crippen LogP contribution >= 0.6 is 0 Å². The first-order valence-corrected chi connectivity index (χ1v) is 4.80. The number of hydrogen-bond acceptors (Lipinski definition) is 2. The zero-order valence-electron chi connectivity index (χ0n) is 9.11. The Kier molecular flexibility index (Phi) is 4.70. The third-order valence-corrected chi connectivity index (χ3v) is 2.33. The molecule has 0 saturated heterocycles. The number of aliphatic hydroxyl groups is 1. The summed E-state index contributed by atoms with van der Waals surface area (Å²) >= 11 is 0. The summed E-state index contributed by atoms with van der Waals surface area (Å²) in [6.07, 6.45) is -7.31. The third kappa shape index (κ3) is 4.61. The summed E-state index contributed by atoms with van der Waals surface area (Å²) in [4.78, 5) is 0. The van der Waals surface area contributed by atoms with Crippen LogP contribution in [0.3, 0.4) is 0 Å². The van der Waals surface area contributed by atoms with Crippen LogP contribution in [0, 0.1) is 0 Å². The van der Waals surface area contributed by atoms with Crippen LogP contribution in [0.15, 0.2) is 0 Å². The molecule has 0 fully saturated rings. The van der Waals surface area contributed by atoms with Gasteiger partial charge in [0.2, 0.25) is 0 Å². The van der Waals surface area contributed by atoms with Crippen molar-refractivity contribution in [1.82, 2.24) is 0 Å². The van der Waals surface area contributed by atoms with Gasteiger partial charge in [-0.05, 0) is 26.7 Å². The molecule has 0 bridgehead atoms. The molecular formula is C9H16F5NO. The zero-order valence-corrected chi connectivity index (χ0v) is 9.11. The molecule has 0 heterocycles. The Morgan fingerprint density at radius 2 is 1.56 bits per heavy atom. The van der Waals surface area contributed by atoms with Gasteiger partial charge in [-0.1, -0.05) is 0 Å². The van der Waals surface area contributed by atoms with Crippen molar-refractivity contribution in [2.45, 2.75) is 56.9 Å². The van der Waals surface area contributed by atoms with E-state index >= 15 is 0 Å². The van der Waals surface area contributed by atoms with Gasteiger partial charge >= 0.3 is 12.1 Å². The summed E-state index contributed by atoms with van der Waals surface area (Å²) in [5, 5.41) is 9.34. The molecule has 2 nitrogen and oxygen atoms in total. The van der Waals surface area contributed by atoms with Crippen molar-refractivity contribution >= 4 is 0 Å². The molecule has 98 valence electrons. The Bertz CT molecular complexity index is 221. The lowest BCUT2D eigenvalue weighted by molar-refractivity contribution is -0.284. The average molecular weight is 249 g/mol. The Morgan fingerprint density at radius 1 is 1.12 bits per heavy atom. The minimum absolute atomic E-state index is 0.0881. The number of alkyl halides is 5. The quantitative estimate of drug-likeness (QED) is 0.735. The highest BCUT2D eigenvalue weighted by Crippen LogP contribution is 2.39. The molecule has 7 heteroatoms. The molecule has 0 aliphatic carbocycles.